The van der Waals surface area contributed by atoms with E-state index in [1.165, 1.54) is 5.56 Å². The summed E-state index contributed by atoms with van der Waals surface area (Å²) in [6.45, 7) is 0.645. The van der Waals surface area contributed by atoms with Gasteiger partial charge in [-0.2, -0.15) is 0 Å². The largest absolute Gasteiger partial charge is 0.359 e. The fraction of sp³-hybridized carbons (Fsp3) is 0.158. The maximum absolute atomic E-state index is 13.0. The Labute approximate surface area is 144 Å². The Morgan fingerprint density at radius 2 is 1.88 bits per heavy atom. The highest BCUT2D eigenvalue weighted by molar-refractivity contribution is 7.07. The highest BCUT2D eigenvalue weighted by Gasteiger charge is 2.33. The zero-order valence-electron chi connectivity index (χ0n) is 13.1. The van der Waals surface area contributed by atoms with Crippen molar-refractivity contribution in [1.82, 2.24) is 9.88 Å². The van der Waals surface area contributed by atoms with E-state index in [0.29, 0.717) is 6.54 Å². The standard InChI is InChI=1S/C19H17N3OS/c23-19-15-8-4-5-9-16(15)21-18(17-12-24-13-20-17)22(19)11-10-14-6-2-1-3-7-14/h1-9,12-13,18,21H,10-11H2. The summed E-state index contributed by atoms with van der Waals surface area (Å²) >= 11 is 1.54. The molecule has 2 aromatic carbocycles. The predicted octanol–water partition coefficient (Wildman–Crippen LogP) is 3.95. The second-order valence-corrected chi connectivity index (χ2v) is 6.46. The molecule has 1 unspecified atom stereocenters. The molecule has 1 aliphatic heterocycles. The van der Waals surface area contributed by atoms with Crippen molar-refractivity contribution in [3.05, 3.63) is 82.3 Å². The average molecular weight is 335 g/mol. The van der Waals surface area contributed by atoms with Crippen LogP contribution in [0.2, 0.25) is 0 Å². The Hall–Kier alpha value is -2.66. The Morgan fingerprint density at radius 1 is 1.08 bits per heavy atom. The van der Waals surface area contributed by atoms with E-state index in [1.54, 1.807) is 16.8 Å². The molecule has 1 amide bonds. The van der Waals surface area contributed by atoms with E-state index in [-0.39, 0.29) is 12.1 Å². The summed E-state index contributed by atoms with van der Waals surface area (Å²) in [6, 6.07) is 17.9. The van der Waals surface area contributed by atoms with Crippen LogP contribution in [0.15, 0.2) is 65.5 Å². The second kappa shape index (κ2) is 6.45. The van der Waals surface area contributed by atoms with E-state index >= 15 is 0 Å². The van der Waals surface area contributed by atoms with Crippen LogP contribution >= 0.6 is 11.3 Å². The predicted molar refractivity (Wildman–Crippen MR) is 96.1 cm³/mol. The monoisotopic (exact) mass is 335 g/mol. The van der Waals surface area contributed by atoms with Crippen molar-refractivity contribution < 1.29 is 4.79 Å². The van der Waals surface area contributed by atoms with Gasteiger partial charge in [-0.15, -0.1) is 11.3 Å². The molecule has 5 heteroatoms. The summed E-state index contributed by atoms with van der Waals surface area (Å²) < 4.78 is 0. The number of nitrogens with zero attached hydrogens (tertiary/aromatic N) is 2. The molecule has 24 heavy (non-hydrogen) atoms. The first kappa shape index (κ1) is 14.9. The van der Waals surface area contributed by atoms with E-state index < -0.39 is 0 Å². The summed E-state index contributed by atoms with van der Waals surface area (Å²) in [5.74, 6) is 0.0540. The Bertz CT molecular complexity index is 833. The number of para-hydroxylation sites is 1. The molecule has 1 aliphatic rings. The summed E-state index contributed by atoms with van der Waals surface area (Å²) in [6.07, 6.45) is 0.596. The molecule has 4 nitrogen and oxygen atoms in total. The Morgan fingerprint density at radius 3 is 2.67 bits per heavy atom. The van der Waals surface area contributed by atoms with Crippen molar-refractivity contribution in [1.29, 1.82) is 0 Å². The van der Waals surface area contributed by atoms with Gasteiger partial charge in [-0.25, -0.2) is 4.98 Å². The molecule has 3 aromatic rings. The smallest absolute Gasteiger partial charge is 0.257 e. The van der Waals surface area contributed by atoms with Crippen molar-refractivity contribution in [3.8, 4) is 0 Å². The van der Waals surface area contributed by atoms with Crippen LogP contribution in [0.4, 0.5) is 5.69 Å². The fourth-order valence-electron chi connectivity index (χ4n) is 3.01. The molecule has 0 fully saturated rings. The molecule has 0 spiro atoms. The number of thiazole rings is 1. The van der Waals surface area contributed by atoms with Gasteiger partial charge in [0.2, 0.25) is 0 Å². The second-order valence-electron chi connectivity index (χ2n) is 5.74. The lowest BCUT2D eigenvalue weighted by Gasteiger charge is -2.37. The van der Waals surface area contributed by atoms with Gasteiger partial charge in [0, 0.05) is 17.6 Å². The van der Waals surface area contributed by atoms with Gasteiger partial charge in [0.15, 0.2) is 0 Å². The number of anilines is 1. The third-order valence-electron chi connectivity index (χ3n) is 4.24. The number of amides is 1. The number of fused-ring (bicyclic) bond motifs is 1. The van der Waals surface area contributed by atoms with Gasteiger partial charge in [0.1, 0.15) is 6.17 Å². The summed E-state index contributed by atoms with van der Waals surface area (Å²) in [4.78, 5) is 19.3. The lowest BCUT2D eigenvalue weighted by molar-refractivity contribution is 0.0682. The van der Waals surface area contributed by atoms with E-state index in [4.69, 9.17) is 0 Å². The van der Waals surface area contributed by atoms with Gasteiger partial charge in [-0.3, -0.25) is 4.79 Å². The highest BCUT2D eigenvalue weighted by Crippen LogP contribution is 2.32. The molecule has 0 saturated carbocycles. The van der Waals surface area contributed by atoms with Crippen molar-refractivity contribution in [2.45, 2.75) is 12.6 Å². The SMILES string of the molecule is O=C1c2ccccc2NC(c2cscn2)N1CCc1ccccc1. The van der Waals surface area contributed by atoms with Gasteiger partial charge < -0.3 is 10.2 Å². The zero-order chi connectivity index (χ0) is 16.4. The maximum atomic E-state index is 13.0. The van der Waals surface area contributed by atoms with Gasteiger partial charge in [-0.1, -0.05) is 42.5 Å². The molecule has 1 aromatic heterocycles. The number of carbonyl (C=O) groups excluding carboxylic acids is 1. The number of rotatable bonds is 4. The first-order chi connectivity index (χ1) is 11.8. The summed E-state index contributed by atoms with van der Waals surface area (Å²) in [5.41, 5.74) is 5.50. The molecular weight excluding hydrogens is 318 g/mol. The quantitative estimate of drug-likeness (QED) is 0.785. The number of aromatic nitrogens is 1. The zero-order valence-corrected chi connectivity index (χ0v) is 13.9. The summed E-state index contributed by atoms with van der Waals surface area (Å²) in [5, 5.41) is 5.46. The van der Waals surface area contributed by atoms with Crippen molar-refractivity contribution in [2.75, 3.05) is 11.9 Å². The number of hydrogen-bond donors (Lipinski definition) is 1. The van der Waals surface area contributed by atoms with Crippen LogP contribution in [-0.2, 0) is 6.42 Å². The fourth-order valence-corrected chi connectivity index (χ4v) is 3.58. The van der Waals surface area contributed by atoms with Gasteiger partial charge in [-0.05, 0) is 24.1 Å². The van der Waals surface area contributed by atoms with Crippen LogP contribution in [0.3, 0.4) is 0 Å². The van der Waals surface area contributed by atoms with Crippen LogP contribution in [0.1, 0.15) is 27.8 Å². The molecule has 120 valence electrons. The average Bonchev–Trinajstić information content (AvgIpc) is 3.16. The van der Waals surface area contributed by atoms with E-state index in [0.717, 1.165) is 23.4 Å². The Balaban J connectivity index is 1.64. The van der Waals surface area contributed by atoms with E-state index in [2.05, 4.69) is 22.4 Å². The molecule has 1 N–H and O–H groups in total. The molecule has 2 heterocycles. The number of benzene rings is 2. The lowest BCUT2D eigenvalue weighted by atomic mass is 10.1. The maximum Gasteiger partial charge on any atom is 0.257 e. The van der Waals surface area contributed by atoms with Gasteiger partial charge in [0.25, 0.3) is 5.91 Å². The van der Waals surface area contributed by atoms with Crippen molar-refractivity contribution in [3.63, 3.8) is 0 Å². The van der Waals surface area contributed by atoms with Crippen LogP contribution in [0.25, 0.3) is 0 Å². The van der Waals surface area contributed by atoms with Gasteiger partial charge in [0.05, 0.1) is 16.8 Å². The first-order valence-electron chi connectivity index (χ1n) is 7.91. The van der Waals surface area contributed by atoms with Crippen LogP contribution in [0.5, 0.6) is 0 Å². The van der Waals surface area contributed by atoms with Crippen LogP contribution in [-0.4, -0.2) is 22.3 Å². The molecule has 0 bridgehead atoms. The third kappa shape index (κ3) is 2.78. The minimum atomic E-state index is -0.220. The Kier molecular flexibility index (Phi) is 4.01. The molecule has 1 atom stereocenters. The lowest BCUT2D eigenvalue weighted by Crippen LogP contribution is -2.44. The number of nitrogens with one attached hydrogen (secondary N) is 1. The summed E-state index contributed by atoms with van der Waals surface area (Å²) in [7, 11) is 0. The van der Waals surface area contributed by atoms with Gasteiger partial charge >= 0.3 is 0 Å². The highest BCUT2D eigenvalue weighted by atomic mass is 32.1. The molecular formula is C19H17N3OS. The van der Waals surface area contributed by atoms with Crippen molar-refractivity contribution >= 4 is 22.9 Å². The molecule has 4 rings (SSSR count). The normalized spacial score (nSPS) is 16.6. The van der Waals surface area contributed by atoms with Crippen molar-refractivity contribution in [2.24, 2.45) is 0 Å². The molecule has 0 radical (unpaired) electrons. The minimum Gasteiger partial charge on any atom is -0.359 e. The van der Waals surface area contributed by atoms with E-state index in [9.17, 15) is 4.79 Å². The molecule has 0 saturated heterocycles. The first-order valence-corrected chi connectivity index (χ1v) is 8.86. The number of hydrogen-bond acceptors (Lipinski definition) is 4. The van der Waals surface area contributed by atoms with Crippen LogP contribution in [0, 0.1) is 0 Å². The number of carbonyl (C=O) groups is 1. The third-order valence-corrected chi connectivity index (χ3v) is 4.84. The molecule has 0 aliphatic carbocycles. The van der Waals surface area contributed by atoms with Crippen LogP contribution < -0.4 is 5.32 Å². The van der Waals surface area contributed by atoms with E-state index in [1.807, 2.05) is 52.7 Å². The topological polar surface area (TPSA) is 45.2 Å². The minimum absolute atomic E-state index is 0.0540.